The molecule has 0 amide bonds. The number of carbonyl (C=O) groups is 3. The van der Waals surface area contributed by atoms with Crippen molar-refractivity contribution in [1.82, 2.24) is 0 Å². The van der Waals surface area contributed by atoms with Gasteiger partial charge in [0.2, 0.25) is 0 Å². The Labute approximate surface area is 316 Å². The molecule has 2 atom stereocenters. The third-order valence-corrected chi connectivity index (χ3v) is 8.04. The van der Waals surface area contributed by atoms with E-state index >= 15 is 0 Å². The molecule has 8 nitrogen and oxygen atoms in total. The van der Waals surface area contributed by atoms with Crippen molar-refractivity contribution >= 4 is 17.9 Å². The first-order chi connectivity index (χ1) is 25.1. The lowest BCUT2D eigenvalue weighted by molar-refractivity contribution is -0.887. The van der Waals surface area contributed by atoms with E-state index in [2.05, 4.69) is 98.9 Å². The predicted molar refractivity (Wildman–Crippen MR) is 215 cm³/mol. The van der Waals surface area contributed by atoms with Gasteiger partial charge in [0.25, 0.3) is 0 Å². The van der Waals surface area contributed by atoms with Crippen LogP contribution in [0.3, 0.4) is 0 Å². The summed E-state index contributed by atoms with van der Waals surface area (Å²) in [5.41, 5.74) is 0. The van der Waals surface area contributed by atoms with Crippen LogP contribution in [0.15, 0.2) is 85.1 Å². The van der Waals surface area contributed by atoms with Crippen LogP contribution in [0.25, 0.3) is 0 Å². The molecular weight excluding hydrogens is 654 g/mol. The molecule has 0 spiro atoms. The Bertz CT molecular complexity index is 1120. The molecule has 294 valence electrons. The SMILES string of the molecule is CC/C=C\C/C=C\C/C=C\C/C=C\CCCCC(=O)OC(COCCC(C(=O)O)[N+](C)(C)C)COC(=O)CCCCC/C=C\C/C=C\C/C=C\CC. The summed E-state index contributed by atoms with van der Waals surface area (Å²) in [4.78, 5) is 36.8. The number of aliphatic carboxylic acids is 1. The number of hydrogen-bond donors (Lipinski definition) is 1. The molecule has 0 aromatic carbocycles. The monoisotopic (exact) mass is 727 g/mol. The standard InChI is InChI=1S/C44H71NO7/c1-6-8-10-12-14-16-18-20-21-23-25-27-29-31-33-35-43(47)52-40(38-50-37-36-41(44(48)49)45(3,4)5)39-51-42(46)34-32-30-28-26-24-22-19-17-15-13-11-9-7-2/h8-11,14-17,20-22,24-25,27,40-41H,6-7,12-13,18-19,23,26,28-39H2,1-5H3/p+1/b10-8-,11-9-,16-14-,17-15-,21-20-,24-22-,27-25-. The number of esters is 2. The van der Waals surface area contributed by atoms with E-state index in [1.165, 1.54) is 0 Å². The second kappa shape index (κ2) is 34.6. The summed E-state index contributed by atoms with van der Waals surface area (Å²) in [7, 11) is 5.48. The van der Waals surface area contributed by atoms with Gasteiger partial charge in [0.1, 0.15) is 6.61 Å². The van der Waals surface area contributed by atoms with Gasteiger partial charge in [-0.05, 0) is 83.5 Å². The number of unbranched alkanes of at least 4 members (excludes halogenated alkanes) is 5. The molecule has 0 saturated heterocycles. The van der Waals surface area contributed by atoms with Crippen LogP contribution < -0.4 is 0 Å². The van der Waals surface area contributed by atoms with Crippen molar-refractivity contribution in [2.24, 2.45) is 0 Å². The van der Waals surface area contributed by atoms with Crippen molar-refractivity contribution in [1.29, 1.82) is 0 Å². The second-order valence-corrected chi connectivity index (χ2v) is 13.8. The average Bonchev–Trinajstić information content (AvgIpc) is 3.09. The second-order valence-electron chi connectivity index (χ2n) is 13.8. The van der Waals surface area contributed by atoms with E-state index in [-0.39, 0.29) is 42.7 Å². The Hall–Kier alpha value is -3.49. The Kier molecular flexibility index (Phi) is 32.3. The van der Waals surface area contributed by atoms with Crippen LogP contribution in [0.1, 0.15) is 123 Å². The number of rotatable bonds is 33. The molecule has 0 heterocycles. The first kappa shape index (κ1) is 48.5. The summed E-state index contributed by atoms with van der Waals surface area (Å²) in [6.45, 7) is 4.39. The Balaban J connectivity index is 4.56. The van der Waals surface area contributed by atoms with Crippen molar-refractivity contribution in [2.75, 3.05) is 41.0 Å². The molecule has 0 saturated carbocycles. The van der Waals surface area contributed by atoms with Gasteiger partial charge in [-0.3, -0.25) is 9.59 Å². The molecule has 0 aliphatic heterocycles. The minimum absolute atomic E-state index is 0.0292. The maximum atomic E-state index is 12.7. The molecule has 0 fully saturated rings. The molecule has 0 aliphatic carbocycles. The smallest absolute Gasteiger partial charge is 0.362 e. The maximum Gasteiger partial charge on any atom is 0.362 e. The lowest BCUT2D eigenvalue weighted by Crippen LogP contribution is -2.50. The number of nitrogens with zero attached hydrogens (tertiary/aromatic N) is 1. The quantitative estimate of drug-likeness (QED) is 0.0311. The number of carboxylic acids is 1. The molecule has 0 radical (unpaired) electrons. The number of hydrogen-bond acceptors (Lipinski definition) is 6. The molecule has 0 aliphatic rings. The molecule has 0 rings (SSSR count). The number of carbonyl (C=O) groups excluding carboxylic acids is 2. The van der Waals surface area contributed by atoms with E-state index in [0.29, 0.717) is 19.3 Å². The number of allylic oxidation sites excluding steroid dienone is 14. The first-order valence-corrected chi connectivity index (χ1v) is 19.6. The Morgan fingerprint density at radius 3 is 1.50 bits per heavy atom. The van der Waals surface area contributed by atoms with E-state index < -0.39 is 18.1 Å². The fraction of sp³-hybridized carbons (Fsp3) is 0.614. The zero-order valence-electron chi connectivity index (χ0n) is 33.2. The third kappa shape index (κ3) is 32.4. The van der Waals surface area contributed by atoms with Crippen LogP contribution >= 0.6 is 0 Å². The first-order valence-electron chi connectivity index (χ1n) is 19.6. The fourth-order valence-corrected chi connectivity index (χ4v) is 5.03. The highest BCUT2D eigenvalue weighted by Gasteiger charge is 2.31. The highest BCUT2D eigenvalue weighted by Crippen LogP contribution is 2.11. The zero-order valence-corrected chi connectivity index (χ0v) is 33.2. The highest BCUT2D eigenvalue weighted by molar-refractivity contribution is 5.72. The van der Waals surface area contributed by atoms with Crippen molar-refractivity contribution in [3.8, 4) is 0 Å². The normalized spacial score (nSPS) is 13.9. The number of likely N-dealkylation sites (N-methyl/N-ethyl adjacent to an activating group) is 1. The number of quaternary nitrogens is 1. The van der Waals surface area contributed by atoms with Gasteiger partial charge in [-0.25, -0.2) is 4.79 Å². The fourth-order valence-electron chi connectivity index (χ4n) is 5.03. The molecule has 0 aromatic heterocycles. The van der Waals surface area contributed by atoms with Crippen molar-refractivity contribution in [3.63, 3.8) is 0 Å². The van der Waals surface area contributed by atoms with E-state index in [4.69, 9.17) is 14.2 Å². The Morgan fingerprint density at radius 2 is 1.02 bits per heavy atom. The molecule has 0 aromatic rings. The van der Waals surface area contributed by atoms with Crippen molar-refractivity contribution in [3.05, 3.63) is 85.1 Å². The lowest BCUT2D eigenvalue weighted by atomic mass is 10.1. The topological polar surface area (TPSA) is 99.1 Å². The van der Waals surface area contributed by atoms with Gasteiger partial charge in [0.15, 0.2) is 12.1 Å². The number of carboxylic acid groups (broad SMARTS) is 1. The molecule has 2 unspecified atom stereocenters. The summed E-state index contributed by atoms with van der Waals surface area (Å²) in [6.07, 6.45) is 43.5. The summed E-state index contributed by atoms with van der Waals surface area (Å²) in [5.74, 6) is -1.58. The van der Waals surface area contributed by atoms with Crippen LogP contribution in [0.2, 0.25) is 0 Å². The van der Waals surface area contributed by atoms with Gasteiger partial charge in [-0.1, -0.05) is 105 Å². The minimum atomic E-state index is -0.891. The van der Waals surface area contributed by atoms with Gasteiger partial charge in [0, 0.05) is 19.3 Å². The maximum absolute atomic E-state index is 12.7. The molecule has 52 heavy (non-hydrogen) atoms. The van der Waals surface area contributed by atoms with Crippen LogP contribution in [-0.4, -0.2) is 80.6 Å². The van der Waals surface area contributed by atoms with E-state index in [0.717, 1.165) is 83.5 Å². The lowest BCUT2D eigenvalue weighted by Gasteiger charge is -2.31. The van der Waals surface area contributed by atoms with Crippen molar-refractivity contribution in [2.45, 2.75) is 135 Å². The number of ether oxygens (including phenoxy) is 3. The molecule has 0 bridgehead atoms. The van der Waals surface area contributed by atoms with Gasteiger partial charge in [-0.2, -0.15) is 0 Å². The summed E-state index contributed by atoms with van der Waals surface area (Å²) < 4.78 is 17.1. The van der Waals surface area contributed by atoms with E-state index in [1.54, 1.807) is 0 Å². The zero-order chi connectivity index (χ0) is 38.5. The van der Waals surface area contributed by atoms with Gasteiger partial charge < -0.3 is 23.8 Å². The average molecular weight is 727 g/mol. The predicted octanol–water partition coefficient (Wildman–Crippen LogP) is 10.2. The summed E-state index contributed by atoms with van der Waals surface area (Å²) >= 11 is 0. The van der Waals surface area contributed by atoms with Crippen LogP contribution in [0.5, 0.6) is 0 Å². The Morgan fingerprint density at radius 1 is 0.577 bits per heavy atom. The van der Waals surface area contributed by atoms with Crippen LogP contribution in [0.4, 0.5) is 0 Å². The third-order valence-electron chi connectivity index (χ3n) is 8.04. The van der Waals surface area contributed by atoms with Gasteiger partial charge >= 0.3 is 17.9 Å². The molecular formula is C44H72NO7+. The van der Waals surface area contributed by atoms with Crippen LogP contribution in [0, 0.1) is 0 Å². The van der Waals surface area contributed by atoms with E-state index in [9.17, 15) is 19.5 Å². The largest absolute Gasteiger partial charge is 0.477 e. The van der Waals surface area contributed by atoms with Gasteiger partial charge in [-0.15, -0.1) is 0 Å². The van der Waals surface area contributed by atoms with Gasteiger partial charge in [0.05, 0.1) is 34.4 Å². The summed E-state index contributed by atoms with van der Waals surface area (Å²) in [6, 6.07) is -0.630. The summed E-state index contributed by atoms with van der Waals surface area (Å²) in [5, 5.41) is 9.59. The minimum Gasteiger partial charge on any atom is -0.477 e. The van der Waals surface area contributed by atoms with E-state index in [1.807, 2.05) is 21.1 Å². The highest BCUT2D eigenvalue weighted by atomic mass is 16.6. The molecule has 1 N–H and O–H groups in total. The van der Waals surface area contributed by atoms with Crippen LogP contribution in [-0.2, 0) is 28.6 Å². The molecule has 8 heteroatoms. The van der Waals surface area contributed by atoms with Crippen molar-refractivity contribution < 1.29 is 38.2 Å².